The van der Waals surface area contributed by atoms with Gasteiger partial charge in [0.1, 0.15) is 5.75 Å². The molecule has 0 unspecified atom stereocenters. The highest BCUT2D eigenvalue weighted by Gasteiger charge is 2.00. The van der Waals surface area contributed by atoms with Crippen LogP contribution in [-0.4, -0.2) is 20.6 Å². The maximum atomic E-state index is 5.46. The van der Waals surface area contributed by atoms with Crippen molar-refractivity contribution in [3.8, 4) is 11.8 Å². The molecular weight excluding hydrogens is 182 g/mol. The number of benzene rings is 1. The Morgan fingerprint density at radius 3 is 2.64 bits per heavy atom. The summed E-state index contributed by atoms with van der Waals surface area (Å²) in [6.45, 7) is 0.516. The summed E-state index contributed by atoms with van der Waals surface area (Å²) in [5.41, 5.74) is 6.50. The highest BCUT2D eigenvalue weighted by Crippen LogP contribution is 2.16. The zero-order valence-corrected chi connectivity index (χ0v) is 7.34. The number of rotatable bonds is 3. The summed E-state index contributed by atoms with van der Waals surface area (Å²) < 4.78 is 5.26. The molecule has 0 amide bonds. The van der Waals surface area contributed by atoms with E-state index in [1.807, 2.05) is 12.1 Å². The Morgan fingerprint density at radius 2 is 2.07 bits per heavy atom. The van der Waals surface area contributed by atoms with E-state index < -0.39 is 0 Å². The van der Waals surface area contributed by atoms with E-state index in [9.17, 15) is 0 Å². The topological polar surface area (TPSA) is 89.7 Å². The number of ether oxygens (including phenoxy) is 1. The molecule has 0 aliphatic rings. The molecule has 0 saturated carbocycles. The van der Waals surface area contributed by atoms with Gasteiger partial charge in [-0.2, -0.15) is 5.21 Å². The van der Waals surface area contributed by atoms with Crippen molar-refractivity contribution in [2.45, 2.75) is 6.54 Å². The first-order valence-corrected chi connectivity index (χ1v) is 4.09. The fraction of sp³-hybridized carbons (Fsp3) is 0.125. The Bertz CT molecular complexity index is 383. The number of aromatic nitrogens is 4. The van der Waals surface area contributed by atoms with E-state index in [-0.39, 0.29) is 6.01 Å². The van der Waals surface area contributed by atoms with Crippen molar-refractivity contribution < 1.29 is 4.74 Å². The minimum atomic E-state index is 0.200. The normalized spacial score (nSPS) is 10.1. The van der Waals surface area contributed by atoms with Crippen LogP contribution in [0.5, 0.6) is 11.8 Å². The van der Waals surface area contributed by atoms with Crippen LogP contribution in [0.4, 0.5) is 0 Å². The quantitative estimate of drug-likeness (QED) is 0.735. The van der Waals surface area contributed by atoms with E-state index in [4.69, 9.17) is 10.5 Å². The van der Waals surface area contributed by atoms with Gasteiger partial charge >= 0.3 is 6.01 Å². The second-order valence-electron chi connectivity index (χ2n) is 2.64. The Kier molecular flexibility index (Phi) is 2.37. The fourth-order valence-electron chi connectivity index (χ4n) is 0.995. The third-order valence-corrected chi connectivity index (χ3v) is 1.69. The molecule has 0 saturated heterocycles. The van der Waals surface area contributed by atoms with Crippen LogP contribution in [-0.2, 0) is 6.54 Å². The summed E-state index contributed by atoms with van der Waals surface area (Å²) in [6, 6.07) is 7.58. The smallest absolute Gasteiger partial charge is 0.361 e. The van der Waals surface area contributed by atoms with Gasteiger partial charge in [-0.15, -0.1) is 0 Å². The lowest BCUT2D eigenvalue weighted by atomic mass is 10.2. The van der Waals surface area contributed by atoms with Crippen LogP contribution in [0.25, 0.3) is 0 Å². The molecule has 0 atom stereocenters. The number of aromatic amines is 1. The molecule has 6 nitrogen and oxygen atoms in total. The van der Waals surface area contributed by atoms with Crippen LogP contribution in [0.15, 0.2) is 24.3 Å². The second kappa shape index (κ2) is 3.84. The number of tetrazole rings is 1. The average Bonchev–Trinajstić information content (AvgIpc) is 2.72. The molecule has 1 aromatic carbocycles. The van der Waals surface area contributed by atoms with Gasteiger partial charge in [-0.25, -0.2) is 0 Å². The van der Waals surface area contributed by atoms with E-state index in [1.54, 1.807) is 12.1 Å². The monoisotopic (exact) mass is 191 g/mol. The zero-order chi connectivity index (χ0) is 9.80. The SMILES string of the molecule is NCc1ccc(Oc2nn[nH]n2)cc1. The minimum Gasteiger partial charge on any atom is -0.422 e. The number of nitrogens with two attached hydrogens (primary N) is 1. The van der Waals surface area contributed by atoms with Crippen LogP contribution in [0, 0.1) is 0 Å². The summed E-state index contributed by atoms with van der Waals surface area (Å²) >= 11 is 0. The first-order valence-electron chi connectivity index (χ1n) is 4.09. The molecule has 0 fully saturated rings. The summed E-state index contributed by atoms with van der Waals surface area (Å²) in [5.74, 6) is 0.656. The molecule has 14 heavy (non-hydrogen) atoms. The van der Waals surface area contributed by atoms with Crippen LogP contribution in [0.1, 0.15) is 5.56 Å². The fourth-order valence-corrected chi connectivity index (χ4v) is 0.995. The predicted molar refractivity (Wildman–Crippen MR) is 48.6 cm³/mol. The van der Waals surface area contributed by atoms with E-state index in [1.165, 1.54) is 0 Å². The highest BCUT2D eigenvalue weighted by molar-refractivity contribution is 5.28. The van der Waals surface area contributed by atoms with Gasteiger partial charge in [0.15, 0.2) is 0 Å². The number of nitrogens with one attached hydrogen (secondary N) is 1. The first-order chi connectivity index (χ1) is 6.88. The van der Waals surface area contributed by atoms with Gasteiger partial charge in [-0.05, 0) is 22.9 Å². The van der Waals surface area contributed by atoms with Gasteiger partial charge in [0.05, 0.1) is 0 Å². The lowest BCUT2D eigenvalue weighted by Gasteiger charge is -2.00. The minimum absolute atomic E-state index is 0.200. The Balaban J connectivity index is 2.10. The molecule has 6 heteroatoms. The maximum Gasteiger partial charge on any atom is 0.361 e. The van der Waals surface area contributed by atoms with Gasteiger partial charge in [-0.3, -0.25) is 0 Å². The predicted octanol–water partition coefficient (Wildman–Crippen LogP) is 0.451. The molecule has 0 aliphatic carbocycles. The van der Waals surface area contributed by atoms with Gasteiger partial charge in [-0.1, -0.05) is 22.3 Å². The molecular formula is C8H9N5O. The Labute approximate surface area is 80.1 Å². The van der Waals surface area contributed by atoms with Crippen molar-refractivity contribution in [3.05, 3.63) is 29.8 Å². The van der Waals surface area contributed by atoms with Crippen LogP contribution in [0.3, 0.4) is 0 Å². The molecule has 3 N–H and O–H groups in total. The highest BCUT2D eigenvalue weighted by atomic mass is 16.5. The van der Waals surface area contributed by atoms with E-state index >= 15 is 0 Å². The largest absolute Gasteiger partial charge is 0.422 e. The van der Waals surface area contributed by atoms with Crippen molar-refractivity contribution in [2.24, 2.45) is 5.73 Å². The number of hydrogen-bond donors (Lipinski definition) is 2. The second-order valence-corrected chi connectivity index (χ2v) is 2.64. The van der Waals surface area contributed by atoms with Crippen LogP contribution < -0.4 is 10.5 Å². The molecule has 0 radical (unpaired) electrons. The summed E-state index contributed by atoms with van der Waals surface area (Å²) in [4.78, 5) is 0. The maximum absolute atomic E-state index is 5.46. The van der Waals surface area contributed by atoms with Crippen molar-refractivity contribution in [2.75, 3.05) is 0 Å². The molecule has 0 aliphatic heterocycles. The van der Waals surface area contributed by atoms with Crippen molar-refractivity contribution >= 4 is 0 Å². The van der Waals surface area contributed by atoms with E-state index in [2.05, 4.69) is 20.6 Å². The first kappa shape index (κ1) is 8.64. The molecule has 1 aromatic heterocycles. The summed E-state index contributed by atoms with van der Waals surface area (Å²) in [6.07, 6.45) is 0. The third-order valence-electron chi connectivity index (χ3n) is 1.69. The molecule has 0 bridgehead atoms. The van der Waals surface area contributed by atoms with Crippen molar-refractivity contribution in [3.63, 3.8) is 0 Å². The standard InChI is InChI=1S/C8H9N5O/c9-5-6-1-3-7(4-2-6)14-8-10-12-13-11-8/h1-4H,5,9H2,(H,10,11,12,13). The van der Waals surface area contributed by atoms with E-state index in [0.717, 1.165) is 5.56 Å². The average molecular weight is 191 g/mol. The molecule has 72 valence electrons. The number of H-pyrrole nitrogens is 1. The Morgan fingerprint density at radius 1 is 1.29 bits per heavy atom. The number of hydrogen-bond acceptors (Lipinski definition) is 5. The third kappa shape index (κ3) is 1.86. The summed E-state index contributed by atoms with van der Waals surface area (Å²) in [5, 5.41) is 13.0. The van der Waals surface area contributed by atoms with Crippen LogP contribution in [0.2, 0.25) is 0 Å². The van der Waals surface area contributed by atoms with Crippen LogP contribution >= 0.6 is 0 Å². The molecule has 2 rings (SSSR count). The van der Waals surface area contributed by atoms with Crippen molar-refractivity contribution in [1.82, 2.24) is 20.6 Å². The molecule has 2 aromatic rings. The lowest BCUT2D eigenvalue weighted by Crippen LogP contribution is -1.95. The number of nitrogens with zero attached hydrogens (tertiary/aromatic N) is 3. The molecule has 1 heterocycles. The lowest BCUT2D eigenvalue weighted by molar-refractivity contribution is 0.442. The molecule has 0 spiro atoms. The van der Waals surface area contributed by atoms with Crippen molar-refractivity contribution in [1.29, 1.82) is 0 Å². The Hall–Kier alpha value is -1.95. The summed E-state index contributed by atoms with van der Waals surface area (Å²) in [7, 11) is 0. The van der Waals surface area contributed by atoms with Gasteiger partial charge < -0.3 is 10.5 Å². The van der Waals surface area contributed by atoms with Gasteiger partial charge in [0.2, 0.25) is 0 Å². The zero-order valence-electron chi connectivity index (χ0n) is 7.34. The van der Waals surface area contributed by atoms with Gasteiger partial charge in [0, 0.05) is 6.54 Å². The van der Waals surface area contributed by atoms with E-state index in [0.29, 0.717) is 12.3 Å². The van der Waals surface area contributed by atoms with Gasteiger partial charge in [0.25, 0.3) is 0 Å².